The molecular weight excluding hydrogens is 340 g/mol. The van der Waals surface area contributed by atoms with Gasteiger partial charge in [-0.1, -0.05) is 12.1 Å². The SMILES string of the molecule is Cc1cccc(COC2CN(C(=O)C3=CCCCC3)Cc3ccnn3C2)n1. The van der Waals surface area contributed by atoms with Crippen LogP contribution in [0.1, 0.15) is 42.8 Å². The molecule has 4 rings (SSSR count). The van der Waals surface area contributed by atoms with Gasteiger partial charge in [0, 0.05) is 24.0 Å². The van der Waals surface area contributed by atoms with Gasteiger partial charge in [0.1, 0.15) is 0 Å². The Morgan fingerprint density at radius 3 is 3.00 bits per heavy atom. The maximum Gasteiger partial charge on any atom is 0.249 e. The fourth-order valence-electron chi connectivity index (χ4n) is 3.79. The predicted octanol–water partition coefficient (Wildman–Crippen LogP) is 3.01. The summed E-state index contributed by atoms with van der Waals surface area (Å²) in [7, 11) is 0. The summed E-state index contributed by atoms with van der Waals surface area (Å²) in [5.74, 6) is 0.145. The van der Waals surface area contributed by atoms with E-state index in [1.807, 2.05) is 40.8 Å². The first-order valence-electron chi connectivity index (χ1n) is 9.72. The van der Waals surface area contributed by atoms with Crippen LogP contribution in [0.25, 0.3) is 0 Å². The van der Waals surface area contributed by atoms with Crippen LogP contribution in [0.2, 0.25) is 0 Å². The van der Waals surface area contributed by atoms with Crippen molar-refractivity contribution in [2.75, 3.05) is 6.54 Å². The second-order valence-corrected chi connectivity index (χ2v) is 7.37. The van der Waals surface area contributed by atoms with Crippen LogP contribution in [0, 0.1) is 6.92 Å². The molecule has 27 heavy (non-hydrogen) atoms. The summed E-state index contributed by atoms with van der Waals surface area (Å²) in [5, 5.41) is 4.41. The lowest BCUT2D eigenvalue weighted by molar-refractivity contribution is -0.130. The summed E-state index contributed by atoms with van der Waals surface area (Å²) in [4.78, 5) is 19.5. The van der Waals surface area contributed by atoms with Gasteiger partial charge < -0.3 is 9.64 Å². The Labute approximate surface area is 159 Å². The van der Waals surface area contributed by atoms with Gasteiger partial charge in [0.2, 0.25) is 5.91 Å². The molecule has 2 aliphatic rings. The molecule has 0 saturated heterocycles. The van der Waals surface area contributed by atoms with Gasteiger partial charge in [0.25, 0.3) is 0 Å². The number of pyridine rings is 1. The van der Waals surface area contributed by atoms with Crippen LogP contribution in [-0.2, 0) is 29.2 Å². The first kappa shape index (κ1) is 17.9. The number of amides is 1. The molecule has 0 saturated carbocycles. The van der Waals surface area contributed by atoms with E-state index in [0.29, 0.717) is 26.2 Å². The lowest BCUT2D eigenvalue weighted by Gasteiger charge is -2.26. The first-order chi connectivity index (χ1) is 13.2. The fourth-order valence-corrected chi connectivity index (χ4v) is 3.79. The van der Waals surface area contributed by atoms with Crippen molar-refractivity contribution in [2.45, 2.75) is 58.4 Å². The average Bonchev–Trinajstić information content (AvgIpc) is 3.04. The summed E-state index contributed by atoms with van der Waals surface area (Å²) < 4.78 is 8.12. The lowest BCUT2D eigenvalue weighted by Crippen LogP contribution is -2.38. The van der Waals surface area contributed by atoms with Crippen LogP contribution >= 0.6 is 0 Å². The molecule has 142 valence electrons. The smallest absolute Gasteiger partial charge is 0.249 e. The molecular formula is C21H26N4O2. The molecule has 0 radical (unpaired) electrons. The Morgan fingerprint density at radius 1 is 1.26 bits per heavy atom. The minimum atomic E-state index is -0.110. The molecule has 6 heteroatoms. The number of aryl methyl sites for hydroxylation is 1. The number of hydrogen-bond acceptors (Lipinski definition) is 4. The number of fused-ring (bicyclic) bond motifs is 1. The number of ether oxygens (including phenoxy) is 1. The third-order valence-electron chi connectivity index (χ3n) is 5.22. The van der Waals surface area contributed by atoms with E-state index in [2.05, 4.69) is 16.2 Å². The van der Waals surface area contributed by atoms with Crippen LogP contribution in [0.5, 0.6) is 0 Å². The maximum atomic E-state index is 13.1. The van der Waals surface area contributed by atoms with Gasteiger partial charge in [0.05, 0.1) is 37.2 Å². The number of nitrogens with zero attached hydrogens (tertiary/aromatic N) is 4. The third-order valence-corrected chi connectivity index (χ3v) is 5.22. The molecule has 1 aliphatic heterocycles. The normalized spacial score (nSPS) is 20.0. The minimum absolute atomic E-state index is 0.110. The van der Waals surface area contributed by atoms with Crippen LogP contribution in [0.4, 0.5) is 0 Å². The van der Waals surface area contributed by atoms with Crippen LogP contribution in [-0.4, -0.2) is 38.2 Å². The quantitative estimate of drug-likeness (QED) is 0.835. The van der Waals surface area contributed by atoms with Gasteiger partial charge in [-0.25, -0.2) is 0 Å². The van der Waals surface area contributed by atoms with Crippen LogP contribution < -0.4 is 0 Å². The van der Waals surface area contributed by atoms with Gasteiger partial charge in [-0.05, 0) is 50.8 Å². The highest BCUT2D eigenvalue weighted by molar-refractivity contribution is 5.93. The molecule has 2 aromatic rings. The average molecular weight is 366 g/mol. The van der Waals surface area contributed by atoms with E-state index in [1.54, 1.807) is 6.20 Å². The van der Waals surface area contributed by atoms with Crippen molar-refractivity contribution in [3.63, 3.8) is 0 Å². The Kier molecular flexibility index (Phi) is 5.34. The maximum absolute atomic E-state index is 13.1. The van der Waals surface area contributed by atoms with Crippen molar-refractivity contribution in [2.24, 2.45) is 0 Å². The minimum Gasteiger partial charge on any atom is -0.368 e. The standard InChI is InChI=1S/C21H26N4O2/c1-16-6-5-9-18(23-16)15-27-20-13-24(12-19-10-11-22-25(19)14-20)21(26)17-7-3-2-4-8-17/h5-7,9-11,20H,2-4,8,12-15H2,1H3. The summed E-state index contributed by atoms with van der Waals surface area (Å²) in [6, 6.07) is 7.92. The van der Waals surface area contributed by atoms with Gasteiger partial charge in [-0.3, -0.25) is 14.5 Å². The first-order valence-corrected chi connectivity index (χ1v) is 9.72. The fraction of sp³-hybridized carbons (Fsp3) is 0.476. The highest BCUT2D eigenvalue weighted by Gasteiger charge is 2.28. The zero-order valence-corrected chi connectivity index (χ0v) is 15.8. The van der Waals surface area contributed by atoms with E-state index in [-0.39, 0.29) is 12.0 Å². The zero-order chi connectivity index (χ0) is 18.6. The number of hydrogen-bond donors (Lipinski definition) is 0. The molecule has 1 unspecified atom stereocenters. The van der Waals surface area contributed by atoms with Gasteiger partial charge in [-0.15, -0.1) is 0 Å². The molecule has 2 aromatic heterocycles. The predicted molar refractivity (Wildman–Crippen MR) is 102 cm³/mol. The zero-order valence-electron chi connectivity index (χ0n) is 15.8. The highest BCUT2D eigenvalue weighted by atomic mass is 16.5. The Balaban J connectivity index is 1.49. The van der Waals surface area contributed by atoms with Gasteiger partial charge >= 0.3 is 0 Å². The third kappa shape index (κ3) is 4.27. The summed E-state index contributed by atoms with van der Waals surface area (Å²) in [5.41, 5.74) is 3.90. The highest BCUT2D eigenvalue weighted by Crippen LogP contribution is 2.22. The lowest BCUT2D eigenvalue weighted by atomic mass is 9.98. The van der Waals surface area contributed by atoms with Gasteiger partial charge in [-0.2, -0.15) is 5.10 Å². The van der Waals surface area contributed by atoms with E-state index in [0.717, 1.165) is 41.9 Å². The van der Waals surface area contributed by atoms with E-state index in [1.165, 1.54) is 6.42 Å². The number of allylic oxidation sites excluding steroid dienone is 1. The Morgan fingerprint density at radius 2 is 2.19 bits per heavy atom. The Hall–Kier alpha value is -2.47. The second kappa shape index (κ2) is 8.05. The summed E-state index contributed by atoms with van der Waals surface area (Å²) in [6.45, 7) is 4.22. The Bertz CT molecular complexity index is 842. The van der Waals surface area contributed by atoms with Crippen LogP contribution in [0.15, 0.2) is 42.1 Å². The number of carbonyl (C=O) groups excluding carboxylic acids is 1. The molecule has 1 atom stereocenters. The molecule has 0 bridgehead atoms. The topological polar surface area (TPSA) is 60.2 Å². The molecule has 3 heterocycles. The number of carbonyl (C=O) groups is 1. The molecule has 1 amide bonds. The number of rotatable bonds is 4. The van der Waals surface area contributed by atoms with E-state index in [4.69, 9.17) is 4.74 Å². The summed E-state index contributed by atoms with van der Waals surface area (Å²) in [6.07, 6.45) is 7.96. The number of aromatic nitrogens is 3. The van der Waals surface area contributed by atoms with Crippen molar-refractivity contribution in [1.82, 2.24) is 19.7 Å². The van der Waals surface area contributed by atoms with E-state index >= 15 is 0 Å². The molecule has 0 N–H and O–H groups in total. The largest absolute Gasteiger partial charge is 0.368 e. The molecule has 0 aromatic carbocycles. The molecule has 0 fully saturated rings. The van der Waals surface area contributed by atoms with E-state index in [9.17, 15) is 4.79 Å². The van der Waals surface area contributed by atoms with Crippen molar-refractivity contribution >= 4 is 5.91 Å². The van der Waals surface area contributed by atoms with Crippen LogP contribution in [0.3, 0.4) is 0 Å². The molecule has 1 aliphatic carbocycles. The van der Waals surface area contributed by atoms with Gasteiger partial charge in [0.15, 0.2) is 0 Å². The van der Waals surface area contributed by atoms with Crippen molar-refractivity contribution in [3.8, 4) is 0 Å². The summed E-state index contributed by atoms with van der Waals surface area (Å²) >= 11 is 0. The van der Waals surface area contributed by atoms with Crippen molar-refractivity contribution < 1.29 is 9.53 Å². The van der Waals surface area contributed by atoms with E-state index < -0.39 is 0 Å². The van der Waals surface area contributed by atoms with Crippen molar-refractivity contribution in [3.05, 3.63) is 59.2 Å². The second-order valence-electron chi connectivity index (χ2n) is 7.37. The molecule has 0 spiro atoms. The monoisotopic (exact) mass is 366 g/mol. The molecule has 6 nitrogen and oxygen atoms in total. The van der Waals surface area contributed by atoms with Crippen molar-refractivity contribution in [1.29, 1.82) is 0 Å².